The van der Waals surface area contributed by atoms with Gasteiger partial charge in [0.1, 0.15) is 10.6 Å². The SMILES string of the molecule is Cc1cc(C)c(OCC2CCOC2)c(S(=O)(=O)Cl)c1. The van der Waals surface area contributed by atoms with Gasteiger partial charge >= 0.3 is 0 Å². The summed E-state index contributed by atoms with van der Waals surface area (Å²) in [5, 5.41) is 0. The van der Waals surface area contributed by atoms with E-state index in [4.69, 9.17) is 20.2 Å². The van der Waals surface area contributed by atoms with Gasteiger partial charge in [0.2, 0.25) is 0 Å². The average Bonchev–Trinajstić information content (AvgIpc) is 2.78. The maximum absolute atomic E-state index is 11.6. The Bertz CT molecular complexity index is 562. The van der Waals surface area contributed by atoms with Gasteiger partial charge in [0.05, 0.1) is 13.2 Å². The van der Waals surface area contributed by atoms with Crippen LogP contribution in [0.4, 0.5) is 0 Å². The number of hydrogen-bond donors (Lipinski definition) is 0. The third-order valence-electron chi connectivity index (χ3n) is 3.13. The van der Waals surface area contributed by atoms with Crippen molar-refractivity contribution in [3.63, 3.8) is 0 Å². The van der Waals surface area contributed by atoms with Crippen molar-refractivity contribution >= 4 is 19.7 Å². The van der Waals surface area contributed by atoms with Crippen molar-refractivity contribution in [1.29, 1.82) is 0 Å². The van der Waals surface area contributed by atoms with Crippen molar-refractivity contribution < 1.29 is 17.9 Å². The highest BCUT2D eigenvalue weighted by atomic mass is 35.7. The molecular weight excluding hydrogens is 288 g/mol. The molecule has 0 radical (unpaired) electrons. The Morgan fingerprint density at radius 3 is 2.74 bits per heavy atom. The summed E-state index contributed by atoms with van der Waals surface area (Å²) in [6.45, 7) is 5.49. The largest absolute Gasteiger partial charge is 0.492 e. The molecule has 0 aliphatic carbocycles. The van der Waals surface area contributed by atoms with Crippen LogP contribution in [0.15, 0.2) is 17.0 Å². The molecule has 1 aromatic carbocycles. The highest BCUT2D eigenvalue weighted by Crippen LogP contribution is 2.32. The van der Waals surface area contributed by atoms with Gasteiger partial charge in [-0.3, -0.25) is 0 Å². The van der Waals surface area contributed by atoms with E-state index in [1.54, 1.807) is 0 Å². The van der Waals surface area contributed by atoms with E-state index in [2.05, 4.69) is 0 Å². The summed E-state index contributed by atoms with van der Waals surface area (Å²) in [4.78, 5) is 0.0468. The molecule has 1 heterocycles. The number of hydrogen-bond acceptors (Lipinski definition) is 4. The second-order valence-corrected chi connectivity index (χ2v) is 7.42. The van der Waals surface area contributed by atoms with E-state index >= 15 is 0 Å². The van der Waals surface area contributed by atoms with Crippen LogP contribution in [-0.4, -0.2) is 28.2 Å². The Labute approximate surface area is 118 Å². The van der Waals surface area contributed by atoms with Gasteiger partial charge in [0.25, 0.3) is 9.05 Å². The van der Waals surface area contributed by atoms with Crippen LogP contribution in [-0.2, 0) is 13.8 Å². The summed E-state index contributed by atoms with van der Waals surface area (Å²) in [7, 11) is 1.66. The zero-order valence-corrected chi connectivity index (χ0v) is 12.6. The van der Waals surface area contributed by atoms with Gasteiger partial charge in [-0.05, 0) is 37.5 Å². The fourth-order valence-electron chi connectivity index (χ4n) is 2.20. The first kappa shape index (κ1) is 14.6. The minimum atomic E-state index is -3.81. The van der Waals surface area contributed by atoms with E-state index < -0.39 is 9.05 Å². The summed E-state index contributed by atoms with van der Waals surface area (Å²) in [5.74, 6) is 0.666. The third kappa shape index (κ3) is 3.61. The lowest BCUT2D eigenvalue weighted by atomic mass is 10.1. The zero-order valence-electron chi connectivity index (χ0n) is 11.0. The van der Waals surface area contributed by atoms with Gasteiger partial charge < -0.3 is 9.47 Å². The molecule has 1 atom stereocenters. The Kier molecular flexibility index (Phi) is 4.38. The van der Waals surface area contributed by atoms with Gasteiger partial charge in [-0.2, -0.15) is 0 Å². The average molecular weight is 305 g/mol. The van der Waals surface area contributed by atoms with Crippen molar-refractivity contribution in [2.75, 3.05) is 19.8 Å². The molecule has 1 aliphatic rings. The van der Waals surface area contributed by atoms with Gasteiger partial charge in [0, 0.05) is 23.2 Å². The number of halogens is 1. The van der Waals surface area contributed by atoms with Crippen LogP contribution in [0, 0.1) is 19.8 Å². The van der Waals surface area contributed by atoms with Crippen molar-refractivity contribution in [3.05, 3.63) is 23.3 Å². The molecule has 0 amide bonds. The topological polar surface area (TPSA) is 52.6 Å². The van der Waals surface area contributed by atoms with E-state index in [-0.39, 0.29) is 4.90 Å². The van der Waals surface area contributed by atoms with Gasteiger partial charge in [0.15, 0.2) is 0 Å². The molecule has 1 unspecified atom stereocenters. The van der Waals surface area contributed by atoms with Crippen molar-refractivity contribution in [2.24, 2.45) is 5.92 Å². The fraction of sp³-hybridized carbons (Fsp3) is 0.538. The first-order chi connectivity index (χ1) is 8.88. The van der Waals surface area contributed by atoms with Gasteiger partial charge in [-0.25, -0.2) is 8.42 Å². The van der Waals surface area contributed by atoms with E-state index in [1.807, 2.05) is 19.9 Å². The fourth-order valence-corrected chi connectivity index (χ4v) is 3.31. The summed E-state index contributed by atoms with van der Waals surface area (Å²) in [6.07, 6.45) is 0.938. The zero-order chi connectivity index (χ0) is 14.0. The van der Waals surface area contributed by atoms with Crippen molar-refractivity contribution in [1.82, 2.24) is 0 Å². The molecule has 6 heteroatoms. The minimum absolute atomic E-state index is 0.0468. The predicted octanol–water partition coefficient (Wildman–Crippen LogP) is 2.65. The molecule has 106 valence electrons. The lowest BCUT2D eigenvalue weighted by molar-refractivity contribution is 0.166. The normalized spacial score (nSPS) is 19.6. The molecule has 1 aliphatic heterocycles. The summed E-state index contributed by atoms with van der Waals surface area (Å²) < 4.78 is 34.2. The van der Waals surface area contributed by atoms with Crippen LogP contribution < -0.4 is 4.74 Å². The van der Waals surface area contributed by atoms with E-state index in [9.17, 15) is 8.42 Å². The molecule has 19 heavy (non-hydrogen) atoms. The number of ether oxygens (including phenoxy) is 2. The lowest BCUT2D eigenvalue weighted by Gasteiger charge is -2.15. The smallest absolute Gasteiger partial charge is 0.265 e. The second-order valence-electron chi connectivity index (χ2n) is 4.89. The number of aryl methyl sites for hydroxylation is 2. The summed E-state index contributed by atoms with van der Waals surface area (Å²) in [5.41, 5.74) is 1.62. The maximum Gasteiger partial charge on any atom is 0.265 e. The van der Waals surface area contributed by atoms with Crippen LogP contribution in [0.2, 0.25) is 0 Å². The molecule has 2 rings (SSSR count). The molecule has 4 nitrogen and oxygen atoms in total. The molecule has 0 bridgehead atoms. The molecule has 0 aromatic heterocycles. The summed E-state index contributed by atoms with van der Waals surface area (Å²) in [6, 6.07) is 3.42. The highest BCUT2D eigenvalue weighted by molar-refractivity contribution is 8.13. The lowest BCUT2D eigenvalue weighted by Crippen LogP contribution is -2.13. The van der Waals surface area contributed by atoms with Crippen LogP contribution in [0.1, 0.15) is 17.5 Å². The third-order valence-corrected chi connectivity index (χ3v) is 4.46. The first-order valence-corrected chi connectivity index (χ1v) is 8.45. The Morgan fingerprint density at radius 1 is 1.42 bits per heavy atom. The van der Waals surface area contributed by atoms with Crippen LogP contribution in [0.3, 0.4) is 0 Å². The van der Waals surface area contributed by atoms with E-state index in [1.165, 1.54) is 6.07 Å². The quantitative estimate of drug-likeness (QED) is 0.803. The summed E-state index contributed by atoms with van der Waals surface area (Å²) >= 11 is 0. The van der Waals surface area contributed by atoms with Crippen LogP contribution in [0.25, 0.3) is 0 Å². The van der Waals surface area contributed by atoms with Gasteiger partial charge in [-0.15, -0.1) is 0 Å². The second kappa shape index (κ2) is 5.69. The molecular formula is C13H17ClO4S. The molecule has 1 fully saturated rings. The minimum Gasteiger partial charge on any atom is -0.492 e. The Morgan fingerprint density at radius 2 is 2.16 bits per heavy atom. The van der Waals surface area contributed by atoms with E-state index in [0.29, 0.717) is 24.9 Å². The highest BCUT2D eigenvalue weighted by Gasteiger charge is 2.22. The van der Waals surface area contributed by atoms with Crippen LogP contribution in [0.5, 0.6) is 5.75 Å². The van der Waals surface area contributed by atoms with Gasteiger partial charge in [-0.1, -0.05) is 6.07 Å². The molecule has 1 aromatic rings. The van der Waals surface area contributed by atoms with Crippen molar-refractivity contribution in [3.8, 4) is 5.75 Å². The van der Waals surface area contributed by atoms with Crippen molar-refractivity contribution in [2.45, 2.75) is 25.2 Å². The van der Waals surface area contributed by atoms with Crippen LogP contribution >= 0.6 is 10.7 Å². The maximum atomic E-state index is 11.6. The molecule has 1 saturated heterocycles. The monoisotopic (exact) mass is 304 g/mol. The first-order valence-electron chi connectivity index (χ1n) is 6.14. The number of rotatable bonds is 4. The number of benzene rings is 1. The predicted molar refractivity (Wildman–Crippen MR) is 73.4 cm³/mol. The standard InChI is InChI=1S/C13H17ClO4S/c1-9-5-10(2)13(12(6-9)19(14,15)16)18-8-11-3-4-17-7-11/h5-6,11H,3-4,7-8H2,1-2H3. The molecule has 0 spiro atoms. The Balaban J connectivity index is 2.27. The molecule has 0 N–H and O–H groups in total. The Hall–Kier alpha value is -0.780. The molecule has 0 saturated carbocycles. The van der Waals surface area contributed by atoms with E-state index in [0.717, 1.165) is 24.2 Å².